The lowest BCUT2D eigenvalue weighted by Crippen LogP contribution is -2.35. The molecule has 0 unspecified atom stereocenters. The molecule has 1 aliphatic rings. The van der Waals surface area contributed by atoms with Crippen molar-refractivity contribution >= 4 is 27.7 Å². The normalized spacial score (nSPS) is 13.5. The Bertz CT molecular complexity index is 1670. The maximum absolute atomic E-state index is 13.6. The Morgan fingerprint density at radius 2 is 1.73 bits per heavy atom. The number of amides is 1. The third-order valence-corrected chi connectivity index (χ3v) is 6.69. The summed E-state index contributed by atoms with van der Waals surface area (Å²) in [4.78, 5) is 26.6. The van der Waals surface area contributed by atoms with Gasteiger partial charge < -0.3 is 19.4 Å². The van der Waals surface area contributed by atoms with E-state index in [1.165, 1.54) is 4.68 Å². The van der Waals surface area contributed by atoms with E-state index in [1.807, 2.05) is 84.3 Å². The molecule has 8 nitrogen and oxygen atoms in total. The Morgan fingerprint density at radius 3 is 2.57 bits per heavy atom. The molecule has 1 N–H and O–H groups in total. The van der Waals surface area contributed by atoms with Gasteiger partial charge in [0.05, 0.1) is 12.2 Å². The van der Waals surface area contributed by atoms with Crippen LogP contribution in [0.1, 0.15) is 24.1 Å². The van der Waals surface area contributed by atoms with E-state index in [4.69, 9.17) is 9.47 Å². The summed E-state index contributed by atoms with van der Waals surface area (Å²) in [6, 6.07) is 23.2. The van der Waals surface area contributed by atoms with Gasteiger partial charge in [0.1, 0.15) is 25.3 Å². The van der Waals surface area contributed by atoms with E-state index in [9.17, 15) is 9.59 Å². The number of nitrogens with one attached hydrogen (secondary N) is 1. The van der Waals surface area contributed by atoms with E-state index < -0.39 is 0 Å². The predicted molar refractivity (Wildman–Crippen MR) is 141 cm³/mol. The van der Waals surface area contributed by atoms with Crippen LogP contribution in [0.2, 0.25) is 0 Å². The second-order valence-electron chi connectivity index (χ2n) is 9.15. The minimum Gasteiger partial charge on any atom is -0.486 e. The number of fused-ring (bicyclic) bond motifs is 4. The summed E-state index contributed by atoms with van der Waals surface area (Å²) < 4.78 is 14.5. The zero-order valence-corrected chi connectivity index (χ0v) is 20.4. The van der Waals surface area contributed by atoms with Crippen molar-refractivity contribution in [3.05, 3.63) is 100 Å². The van der Waals surface area contributed by atoms with Gasteiger partial charge in [-0.15, -0.1) is 0 Å². The molecule has 0 radical (unpaired) electrons. The molecule has 3 aromatic carbocycles. The fourth-order valence-electron chi connectivity index (χ4n) is 4.87. The van der Waals surface area contributed by atoms with Crippen LogP contribution in [0.5, 0.6) is 11.5 Å². The molecule has 6 rings (SSSR count). The molecule has 2 aromatic heterocycles. The zero-order chi connectivity index (χ0) is 25.4. The minimum absolute atomic E-state index is 0.184. The summed E-state index contributed by atoms with van der Waals surface area (Å²) in [5.41, 5.74) is 3.16. The van der Waals surface area contributed by atoms with E-state index in [0.29, 0.717) is 36.8 Å². The fraction of sp³-hybridized carbons (Fsp3) is 0.207. The average molecular weight is 495 g/mol. The average Bonchev–Trinajstić information content (AvgIpc) is 3.24. The van der Waals surface area contributed by atoms with E-state index in [-0.39, 0.29) is 24.1 Å². The van der Waals surface area contributed by atoms with Gasteiger partial charge in [0.15, 0.2) is 11.5 Å². The van der Waals surface area contributed by atoms with Crippen LogP contribution in [-0.4, -0.2) is 33.5 Å². The smallest absolute Gasteiger partial charge is 0.291 e. The SMILES string of the molecule is C[C@@H](NC(=O)Cn1ncc2c3ccccc3n(Cc3ccccc3)c2c1=O)c1ccc2c(c1)OCCO2. The summed E-state index contributed by atoms with van der Waals surface area (Å²) in [6.07, 6.45) is 1.68. The van der Waals surface area contributed by atoms with Crippen LogP contribution in [0.3, 0.4) is 0 Å². The molecule has 8 heteroatoms. The molecular formula is C29H26N4O4. The summed E-state index contributed by atoms with van der Waals surface area (Å²) >= 11 is 0. The number of benzene rings is 3. The van der Waals surface area contributed by atoms with Crippen molar-refractivity contribution in [2.75, 3.05) is 13.2 Å². The lowest BCUT2D eigenvalue weighted by Gasteiger charge is -2.21. The van der Waals surface area contributed by atoms with Crippen LogP contribution in [0.25, 0.3) is 21.8 Å². The molecule has 1 aliphatic heterocycles. The number of carbonyl (C=O) groups is 1. The number of carbonyl (C=O) groups excluding carboxylic acids is 1. The lowest BCUT2D eigenvalue weighted by atomic mass is 10.1. The van der Waals surface area contributed by atoms with Crippen molar-refractivity contribution in [2.45, 2.75) is 26.1 Å². The fourth-order valence-corrected chi connectivity index (χ4v) is 4.87. The van der Waals surface area contributed by atoms with Crippen LogP contribution >= 0.6 is 0 Å². The Kier molecular flexibility index (Phi) is 5.84. The highest BCUT2D eigenvalue weighted by Gasteiger charge is 2.19. The minimum atomic E-state index is -0.304. The molecule has 0 bridgehead atoms. The third-order valence-electron chi connectivity index (χ3n) is 6.69. The van der Waals surface area contributed by atoms with Gasteiger partial charge in [0.25, 0.3) is 5.56 Å². The number of aromatic nitrogens is 3. The van der Waals surface area contributed by atoms with E-state index in [1.54, 1.807) is 6.20 Å². The number of para-hydroxylation sites is 1. The van der Waals surface area contributed by atoms with Gasteiger partial charge >= 0.3 is 0 Å². The van der Waals surface area contributed by atoms with Gasteiger partial charge in [-0.2, -0.15) is 5.10 Å². The van der Waals surface area contributed by atoms with Gasteiger partial charge in [-0.05, 0) is 36.2 Å². The van der Waals surface area contributed by atoms with Crippen molar-refractivity contribution in [1.29, 1.82) is 0 Å². The highest BCUT2D eigenvalue weighted by molar-refractivity contribution is 6.07. The standard InChI is InChI=1S/C29H26N4O4/c1-19(21-11-12-25-26(15-21)37-14-13-36-25)31-27(34)18-33-29(35)28-23(16-30-33)22-9-5-6-10-24(22)32(28)17-20-7-3-2-4-8-20/h2-12,15-16,19H,13-14,17-18H2,1H3,(H,31,34)/t19-/m1/s1. The van der Waals surface area contributed by atoms with Crippen LogP contribution < -0.4 is 20.3 Å². The van der Waals surface area contributed by atoms with Gasteiger partial charge in [-0.3, -0.25) is 9.59 Å². The Labute approximate surface area is 213 Å². The van der Waals surface area contributed by atoms with Crippen molar-refractivity contribution in [2.24, 2.45) is 0 Å². The molecule has 1 amide bonds. The molecule has 5 aromatic rings. The molecule has 0 saturated carbocycles. The first-order chi connectivity index (χ1) is 18.1. The molecule has 1 atom stereocenters. The van der Waals surface area contributed by atoms with Gasteiger partial charge in [0, 0.05) is 22.8 Å². The second-order valence-corrected chi connectivity index (χ2v) is 9.15. The Hall–Kier alpha value is -4.59. The Morgan fingerprint density at radius 1 is 0.973 bits per heavy atom. The summed E-state index contributed by atoms with van der Waals surface area (Å²) in [7, 11) is 0. The first-order valence-corrected chi connectivity index (χ1v) is 12.3. The Balaban J connectivity index is 1.29. The van der Waals surface area contributed by atoms with Gasteiger partial charge in [-0.1, -0.05) is 54.6 Å². The van der Waals surface area contributed by atoms with E-state index in [2.05, 4.69) is 10.4 Å². The number of hydrogen-bond donors (Lipinski definition) is 1. The number of ether oxygens (including phenoxy) is 2. The molecule has 37 heavy (non-hydrogen) atoms. The molecule has 186 valence electrons. The third kappa shape index (κ3) is 4.31. The van der Waals surface area contributed by atoms with Crippen LogP contribution in [-0.2, 0) is 17.9 Å². The first kappa shape index (κ1) is 22.8. The number of hydrogen-bond acceptors (Lipinski definition) is 5. The molecule has 0 aliphatic carbocycles. The second kappa shape index (κ2) is 9.46. The van der Waals surface area contributed by atoms with E-state index >= 15 is 0 Å². The van der Waals surface area contributed by atoms with Crippen LogP contribution in [0, 0.1) is 0 Å². The van der Waals surface area contributed by atoms with Crippen molar-refractivity contribution in [3.8, 4) is 11.5 Å². The summed E-state index contributed by atoms with van der Waals surface area (Å²) in [5, 5.41) is 9.05. The molecule has 0 fully saturated rings. The topological polar surface area (TPSA) is 87.4 Å². The zero-order valence-electron chi connectivity index (χ0n) is 20.4. The maximum Gasteiger partial charge on any atom is 0.291 e. The molecule has 0 spiro atoms. The van der Waals surface area contributed by atoms with Crippen molar-refractivity contribution < 1.29 is 14.3 Å². The number of nitrogens with zero attached hydrogens (tertiary/aromatic N) is 3. The number of rotatable bonds is 6. The van der Waals surface area contributed by atoms with Crippen LogP contribution in [0.4, 0.5) is 0 Å². The van der Waals surface area contributed by atoms with Crippen molar-refractivity contribution in [1.82, 2.24) is 19.7 Å². The predicted octanol–water partition coefficient (Wildman–Crippen LogP) is 4.05. The summed E-state index contributed by atoms with van der Waals surface area (Å²) in [6.45, 7) is 3.26. The lowest BCUT2D eigenvalue weighted by molar-refractivity contribution is -0.122. The molecule has 0 saturated heterocycles. The van der Waals surface area contributed by atoms with Crippen molar-refractivity contribution in [3.63, 3.8) is 0 Å². The quantitative estimate of drug-likeness (QED) is 0.385. The highest BCUT2D eigenvalue weighted by Crippen LogP contribution is 2.32. The maximum atomic E-state index is 13.6. The monoisotopic (exact) mass is 494 g/mol. The van der Waals surface area contributed by atoms with Crippen LogP contribution in [0.15, 0.2) is 83.8 Å². The molecule has 3 heterocycles. The molecular weight excluding hydrogens is 468 g/mol. The first-order valence-electron chi connectivity index (χ1n) is 12.3. The van der Waals surface area contributed by atoms with Gasteiger partial charge in [-0.25, -0.2) is 4.68 Å². The van der Waals surface area contributed by atoms with Gasteiger partial charge in [0.2, 0.25) is 5.91 Å². The highest BCUT2D eigenvalue weighted by atomic mass is 16.6. The van der Waals surface area contributed by atoms with E-state index in [0.717, 1.165) is 27.4 Å². The largest absolute Gasteiger partial charge is 0.486 e. The summed E-state index contributed by atoms with van der Waals surface area (Å²) in [5.74, 6) is 1.06.